The molecule has 2 aromatic rings. The lowest BCUT2D eigenvalue weighted by Crippen LogP contribution is -2.24. The van der Waals surface area contributed by atoms with Gasteiger partial charge in [0, 0.05) is 18.0 Å². The number of carbonyl (C=O) groups is 1. The van der Waals surface area contributed by atoms with Crippen LogP contribution in [-0.4, -0.2) is 21.7 Å². The summed E-state index contributed by atoms with van der Waals surface area (Å²) in [6.07, 6.45) is 2.58. The first-order chi connectivity index (χ1) is 10.6. The molecule has 1 aromatic heterocycles. The normalized spacial score (nSPS) is 20.1. The van der Waals surface area contributed by atoms with Gasteiger partial charge in [-0.15, -0.1) is 12.4 Å². The second kappa shape index (κ2) is 7.62. The zero-order valence-electron chi connectivity index (χ0n) is 13.2. The molecule has 1 fully saturated rings. The number of anilines is 1. The van der Waals surface area contributed by atoms with Crippen molar-refractivity contribution in [3.05, 3.63) is 47.7 Å². The summed E-state index contributed by atoms with van der Waals surface area (Å²) in [5, 5.41) is 7.50. The van der Waals surface area contributed by atoms with Gasteiger partial charge in [0.2, 0.25) is 5.91 Å². The number of amides is 1. The predicted molar refractivity (Wildman–Crippen MR) is 93.7 cm³/mol. The summed E-state index contributed by atoms with van der Waals surface area (Å²) in [6.45, 7) is 2.58. The highest BCUT2D eigenvalue weighted by atomic mass is 35.5. The fourth-order valence-electron chi connectivity index (χ4n) is 3.01. The van der Waals surface area contributed by atoms with Gasteiger partial charge in [0.25, 0.3) is 0 Å². The molecular formula is C17H23ClN4O. The van der Waals surface area contributed by atoms with E-state index >= 15 is 0 Å². The van der Waals surface area contributed by atoms with Crippen LogP contribution < -0.4 is 11.1 Å². The summed E-state index contributed by atoms with van der Waals surface area (Å²) in [5.41, 5.74) is 7.95. The molecule has 0 aliphatic heterocycles. The van der Waals surface area contributed by atoms with Crippen molar-refractivity contribution < 1.29 is 4.79 Å². The number of nitrogens with one attached hydrogen (secondary N) is 1. The molecule has 1 heterocycles. The summed E-state index contributed by atoms with van der Waals surface area (Å²) < 4.78 is 1.84. The molecule has 3 N–H and O–H groups in total. The molecule has 1 aliphatic carbocycles. The minimum atomic E-state index is 0. The molecule has 0 radical (unpaired) electrons. The van der Waals surface area contributed by atoms with Crippen molar-refractivity contribution in [1.29, 1.82) is 0 Å². The van der Waals surface area contributed by atoms with Crippen molar-refractivity contribution in [2.75, 3.05) is 5.32 Å². The Morgan fingerprint density at radius 3 is 2.74 bits per heavy atom. The van der Waals surface area contributed by atoms with Gasteiger partial charge >= 0.3 is 0 Å². The Morgan fingerprint density at radius 2 is 2.09 bits per heavy atom. The molecule has 0 saturated heterocycles. The number of halogens is 1. The van der Waals surface area contributed by atoms with Crippen LogP contribution in [0.5, 0.6) is 0 Å². The van der Waals surface area contributed by atoms with E-state index in [2.05, 4.69) is 22.5 Å². The molecule has 5 nitrogen and oxygen atoms in total. The van der Waals surface area contributed by atoms with Crippen molar-refractivity contribution in [2.45, 2.75) is 38.8 Å². The molecule has 1 aromatic carbocycles. The average Bonchev–Trinajstić information content (AvgIpc) is 3.07. The van der Waals surface area contributed by atoms with Crippen LogP contribution in [0.2, 0.25) is 0 Å². The number of nitrogens with zero attached hydrogens (tertiary/aromatic N) is 2. The van der Waals surface area contributed by atoms with Crippen molar-refractivity contribution in [2.24, 2.45) is 11.7 Å². The zero-order chi connectivity index (χ0) is 15.5. The van der Waals surface area contributed by atoms with E-state index in [4.69, 9.17) is 5.73 Å². The van der Waals surface area contributed by atoms with E-state index in [1.807, 2.05) is 35.9 Å². The third-order valence-electron chi connectivity index (χ3n) is 4.17. The number of rotatable bonds is 4. The van der Waals surface area contributed by atoms with E-state index in [1.54, 1.807) is 0 Å². The van der Waals surface area contributed by atoms with Crippen LogP contribution in [-0.2, 0) is 11.3 Å². The third-order valence-corrected chi connectivity index (χ3v) is 4.17. The number of nitrogens with two attached hydrogens (primary N) is 1. The van der Waals surface area contributed by atoms with E-state index in [0.717, 1.165) is 36.3 Å². The first-order valence-electron chi connectivity index (χ1n) is 7.76. The lowest BCUT2D eigenvalue weighted by molar-refractivity contribution is -0.119. The van der Waals surface area contributed by atoms with Crippen molar-refractivity contribution >= 4 is 24.1 Å². The van der Waals surface area contributed by atoms with Gasteiger partial charge in [0.05, 0.1) is 12.2 Å². The molecule has 124 valence electrons. The minimum absolute atomic E-state index is 0. The molecular weight excluding hydrogens is 312 g/mol. The maximum atomic E-state index is 12.4. The SMILES string of the molecule is Cc1cc(NC(=O)C2CCC(N)C2)n(Cc2ccccc2)n1.Cl. The Morgan fingerprint density at radius 1 is 1.35 bits per heavy atom. The van der Waals surface area contributed by atoms with E-state index in [9.17, 15) is 4.79 Å². The van der Waals surface area contributed by atoms with Crippen molar-refractivity contribution in [1.82, 2.24) is 9.78 Å². The summed E-state index contributed by atoms with van der Waals surface area (Å²) in [4.78, 5) is 12.4. The molecule has 6 heteroatoms. The van der Waals surface area contributed by atoms with Crippen LogP contribution in [0.4, 0.5) is 5.82 Å². The lowest BCUT2D eigenvalue weighted by atomic mass is 10.1. The predicted octanol–water partition coefficient (Wildman–Crippen LogP) is 2.73. The van der Waals surface area contributed by atoms with Crippen LogP contribution in [0.3, 0.4) is 0 Å². The number of aromatic nitrogens is 2. The van der Waals surface area contributed by atoms with Crippen molar-refractivity contribution in [3.63, 3.8) is 0 Å². The molecule has 1 amide bonds. The van der Waals surface area contributed by atoms with E-state index < -0.39 is 0 Å². The van der Waals surface area contributed by atoms with E-state index in [0.29, 0.717) is 6.54 Å². The summed E-state index contributed by atoms with van der Waals surface area (Å²) >= 11 is 0. The Hall–Kier alpha value is -1.85. The molecule has 1 saturated carbocycles. The smallest absolute Gasteiger partial charge is 0.228 e. The maximum Gasteiger partial charge on any atom is 0.228 e. The first-order valence-corrected chi connectivity index (χ1v) is 7.76. The Bertz CT molecular complexity index is 656. The van der Waals surface area contributed by atoms with Gasteiger partial charge < -0.3 is 11.1 Å². The molecule has 3 rings (SSSR count). The quantitative estimate of drug-likeness (QED) is 0.903. The zero-order valence-corrected chi connectivity index (χ0v) is 14.1. The van der Waals surface area contributed by atoms with Gasteiger partial charge in [-0.25, -0.2) is 4.68 Å². The Kier molecular flexibility index (Phi) is 5.80. The fourth-order valence-corrected chi connectivity index (χ4v) is 3.01. The number of hydrogen-bond donors (Lipinski definition) is 2. The van der Waals surface area contributed by atoms with Crippen LogP contribution in [0.25, 0.3) is 0 Å². The summed E-state index contributed by atoms with van der Waals surface area (Å²) in [7, 11) is 0. The van der Waals surface area contributed by atoms with Gasteiger partial charge in [-0.3, -0.25) is 4.79 Å². The van der Waals surface area contributed by atoms with Gasteiger partial charge in [-0.2, -0.15) is 5.10 Å². The minimum Gasteiger partial charge on any atom is -0.328 e. The molecule has 23 heavy (non-hydrogen) atoms. The Balaban J connectivity index is 0.00000192. The topological polar surface area (TPSA) is 72.9 Å². The number of aryl methyl sites for hydroxylation is 1. The third kappa shape index (κ3) is 4.33. The standard InChI is InChI=1S/C17H22N4O.ClH/c1-12-9-16(19-17(22)14-7-8-15(18)10-14)21(20-12)11-13-5-3-2-4-6-13;/h2-6,9,14-15H,7-8,10-11,18H2,1H3,(H,19,22);1H. The van der Waals surface area contributed by atoms with Gasteiger partial charge in [-0.1, -0.05) is 30.3 Å². The molecule has 1 aliphatic rings. The van der Waals surface area contributed by atoms with Crippen LogP contribution in [0.1, 0.15) is 30.5 Å². The lowest BCUT2D eigenvalue weighted by Gasteiger charge is -2.12. The number of hydrogen-bond acceptors (Lipinski definition) is 3. The highest BCUT2D eigenvalue weighted by Gasteiger charge is 2.28. The molecule has 0 spiro atoms. The second-order valence-corrected chi connectivity index (χ2v) is 6.07. The van der Waals surface area contributed by atoms with Crippen LogP contribution >= 0.6 is 12.4 Å². The van der Waals surface area contributed by atoms with E-state index in [1.165, 1.54) is 0 Å². The number of benzene rings is 1. The van der Waals surface area contributed by atoms with Gasteiger partial charge in [0.15, 0.2) is 0 Å². The fraction of sp³-hybridized carbons (Fsp3) is 0.412. The molecule has 2 atom stereocenters. The largest absolute Gasteiger partial charge is 0.328 e. The number of carbonyl (C=O) groups excluding carboxylic acids is 1. The van der Waals surface area contributed by atoms with E-state index in [-0.39, 0.29) is 30.3 Å². The summed E-state index contributed by atoms with van der Waals surface area (Å²) in [6, 6.07) is 12.2. The molecule has 2 unspecified atom stereocenters. The second-order valence-electron chi connectivity index (χ2n) is 6.07. The monoisotopic (exact) mass is 334 g/mol. The van der Waals surface area contributed by atoms with Crippen LogP contribution in [0, 0.1) is 12.8 Å². The summed E-state index contributed by atoms with van der Waals surface area (Å²) in [5.74, 6) is 0.837. The van der Waals surface area contributed by atoms with Gasteiger partial charge in [0.1, 0.15) is 5.82 Å². The average molecular weight is 335 g/mol. The highest BCUT2D eigenvalue weighted by molar-refractivity contribution is 5.92. The highest BCUT2D eigenvalue weighted by Crippen LogP contribution is 2.25. The molecule has 0 bridgehead atoms. The Labute approximate surface area is 142 Å². The maximum absolute atomic E-state index is 12.4. The van der Waals surface area contributed by atoms with Gasteiger partial charge in [-0.05, 0) is 31.7 Å². The first kappa shape index (κ1) is 17.5. The van der Waals surface area contributed by atoms with Crippen molar-refractivity contribution in [3.8, 4) is 0 Å². The van der Waals surface area contributed by atoms with Crippen LogP contribution in [0.15, 0.2) is 36.4 Å².